The van der Waals surface area contributed by atoms with Crippen molar-refractivity contribution in [1.29, 1.82) is 0 Å². The van der Waals surface area contributed by atoms with Gasteiger partial charge in [0.05, 0.1) is 6.61 Å². The van der Waals surface area contributed by atoms with Crippen molar-refractivity contribution in [2.24, 2.45) is 0 Å². The Kier molecular flexibility index (Phi) is 3.96. The lowest BCUT2D eigenvalue weighted by molar-refractivity contribution is 0.107. The predicted octanol–water partition coefficient (Wildman–Crippen LogP) is 2.80. The first-order valence-corrected chi connectivity index (χ1v) is 7.47. The molecule has 0 aromatic heterocycles. The number of rotatable bonds is 1. The molecular weight excluding hydrogens is 260 g/mol. The number of ether oxygens (including phenoxy) is 1. The van der Waals surface area contributed by atoms with Crippen LogP contribution in [0.2, 0.25) is 5.02 Å². The van der Waals surface area contributed by atoms with Gasteiger partial charge in [-0.15, -0.1) is 0 Å². The maximum Gasteiger partial charge on any atom is 0.125 e. The number of likely N-dealkylation sites (N-methyl/N-ethyl adjacent to an activating group) is 1. The van der Waals surface area contributed by atoms with Crippen molar-refractivity contribution < 1.29 is 4.74 Å². The van der Waals surface area contributed by atoms with Gasteiger partial charge in [0, 0.05) is 42.8 Å². The lowest BCUT2D eigenvalue weighted by Gasteiger charge is -2.38. The third-order valence-electron chi connectivity index (χ3n) is 4.19. The van der Waals surface area contributed by atoms with E-state index < -0.39 is 0 Å². The van der Waals surface area contributed by atoms with E-state index in [9.17, 15) is 0 Å². The second kappa shape index (κ2) is 5.70. The van der Waals surface area contributed by atoms with Crippen LogP contribution in [0.25, 0.3) is 0 Å². The number of benzene rings is 1. The van der Waals surface area contributed by atoms with Crippen LogP contribution in [0.3, 0.4) is 0 Å². The monoisotopic (exact) mass is 280 g/mol. The standard InChI is InChI=1S/C15H21ClN2O/c1-17-6-8-18(9-7-17)14-3-2-10-19-15-11-12(16)4-5-13(14)15/h4-5,11,14H,2-3,6-10H2,1H3. The summed E-state index contributed by atoms with van der Waals surface area (Å²) in [5.74, 6) is 0.980. The topological polar surface area (TPSA) is 15.7 Å². The number of hydrogen-bond donors (Lipinski definition) is 0. The minimum absolute atomic E-state index is 0.489. The van der Waals surface area contributed by atoms with Crippen molar-refractivity contribution in [3.63, 3.8) is 0 Å². The van der Waals surface area contributed by atoms with Crippen molar-refractivity contribution in [2.45, 2.75) is 18.9 Å². The van der Waals surface area contributed by atoms with Crippen molar-refractivity contribution >= 4 is 11.6 Å². The maximum atomic E-state index is 6.08. The Hall–Kier alpha value is -0.770. The largest absolute Gasteiger partial charge is 0.493 e. The van der Waals surface area contributed by atoms with E-state index in [2.05, 4.69) is 22.9 Å². The van der Waals surface area contributed by atoms with E-state index >= 15 is 0 Å². The van der Waals surface area contributed by atoms with Gasteiger partial charge in [0.25, 0.3) is 0 Å². The molecule has 0 spiro atoms. The van der Waals surface area contributed by atoms with Gasteiger partial charge >= 0.3 is 0 Å². The molecule has 2 aliphatic heterocycles. The zero-order valence-electron chi connectivity index (χ0n) is 11.4. The van der Waals surface area contributed by atoms with E-state index in [-0.39, 0.29) is 0 Å². The van der Waals surface area contributed by atoms with Gasteiger partial charge in [0.1, 0.15) is 5.75 Å². The number of halogens is 1. The van der Waals surface area contributed by atoms with E-state index in [1.807, 2.05) is 12.1 Å². The van der Waals surface area contributed by atoms with Gasteiger partial charge < -0.3 is 9.64 Å². The van der Waals surface area contributed by atoms with Crippen LogP contribution in [0.4, 0.5) is 0 Å². The summed E-state index contributed by atoms with van der Waals surface area (Å²) >= 11 is 6.08. The summed E-state index contributed by atoms with van der Waals surface area (Å²) in [6.45, 7) is 5.39. The summed E-state index contributed by atoms with van der Waals surface area (Å²) in [4.78, 5) is 4.99. The number of nitrogens with zero attached hydrogens (tertiary/aromatic N) is 2. The molecule has 0 radical (unpaired) electrons. The zero-order chi connectivity index (χ0) is 13.2. The highest BCUT2D eigenvalue weighted by Gasteiger charge is 2.27. The second-order valence-electron chi connectivity index (χ2n) is 5.53. The van der Waals surface area contributed by atoms with Gasteiger partial charge in [-0.25, -0.2) is 0 Å². The molecule has 1 fully saturated rings. The molecule has 4 heteroatoms. The Morgan fingerprint density at radius 1 is 1.21 bits per heavy atom. The predicted molar refractivity (Wildman–Crippen MR) is 78.0 cm³/mol. The van der Waals surface area contributed by atoms with Crippen LogP contribution in [-0.2, 0) is 0 Å². The highest BCUT2D eigenvalue weighted by Crippen LogP contribution is 2.37. The Morgan fingerprint density at radius 3 is 2.79 bits per heavy atom. The molecule has 1 aromatic carbocycles. The summed E-state index contributed by atoms with van der Waals surface area (Å²) in [6.07, 6.45) is 2.29. The molecule has 1 saturated heterocycles. The molecule has 1 aromatic rings. The maximum absolute atomic E-state index is 6.08. The molecule has 3 rings (SSSR count). The van der Waals surface area contributed by atoms with Gasteiger partial charge in [-0.1, -0.05) is 17.7 Å². The molecule has 1 unspecified atom stereocenters. The fourth-order valence-corrected chi connectivity index (χ4v) is 3.20. The molecule has 1 atom stereocenters. The average Bonchev–Trinajstić information content (AvgIpc) is 2.61. The quantitative estimate of drug-likeness (QED) is 0.787. The molecular formula is C15H21ClN2O. The van der Waals surface area contributed by atoms with Gasteiger partial charge in [-0.3, -0.25) is 4.90 Å². The lowest BCUT2D eigenvalue weighted by atomic mass is 9.99. The summed E-state index contributed by atoms with van der Waals surface area (Å²) in [5.41, 5.74) is 1.31. The highest BCUT2D eigenvalue weighted by molar-refractivity contribution is 6.30. The van der Waals surface area contributed by atoms with Crippen LogP contribution in [0.1, 0.15) is 24.4 Å². The fourth-order valence-electron chi connectivity index (χ4n) is 3.04. The van der Waals surface area contributed by atoms with Crippen LogP contribution in [0.15, 0.2) is 18.2 Å². The van der Waals surface area contributed by atoms with Crippen molar-refractivity contribution in [3.8, 4) is 5.75 Å². The fraction of sp³-hybridized carbons (Fsp3) is 0.600. The molecule has 2 aliphatic rings. The van der Waals surface area contributed by atoms with E-state index in [1.165, 1.54) is 12.0 Å². The molecule has 0 aliphatic carbocycles. The molecule has 3 nitrogen and oxygen atoms in total. The summed E-state index contributed by atoms with van der Waals surface area (Å²) in [7, 11) is 2.20. The van der Waals surface area contributed by atoms with Gasteiger partial charge in [-0.2, -0.15) is 0 Å². The molecule has 0 saturated carbocycles. The van der Waals surface area contributed by atoms with Crippen LogP contribution < -0.4 is 4.74 Å². The smallest absolute Gasteiger partial charge is 0.125 e. The number of hydrogen-bond acceptors (Lipinski definition) is 3. The third kappa shape index (κ3) is 2.88. The average molecular weight is 281 g/mol. The first kappa shape index (κ1) is 13.2. The van der Waals surface area contributed by atoms with Crippen molar-refractivity contribution in [1.82, 2.24) is 9.80 Å². The Labute approximate surface area is 120 Å². The van der Waals surface area contributed by atoms with Gasteiger partial charge in [-0.05, 0) is 32.0 Å². The minimum atomic E-state index is 0.489. The summed E-state index contributed by atoms with van der Waals surface area (Å²) in [5, 5.41) is 0.762. The molecule has 104 valence electrons. The molecule has 0 amide bonds. The van der Waals surface area contributed by atoms with E-state index in [0.29, 0.717) is 6.04 Å². The Bertz CT molecular complexity index is 444. The number of fused-ring (bicyclic) bond motifs is 1. The zero-order valence-corrected chi connectivity index (χ0v) is 12.2. The first-order valence-electron chi connectivity index (χ1n) is 7.09. The minimum Gasteiger partial charge on any atom is -0.493 e. The first-order chi connectivity index (χ1) is 9.24. The van der Waals surface area contributed by atoms with E-state index in [1.54, 1.807) is 0 Å². The lowest BCUT2D eigenvalue weighted by Crippen LogP contribution is -2.45. The molecule has 19 heavy (non-hydrogen) atoms. The summed E-state index contributed by atoms with van der Waals surface area (Å²) in [6, 6.07) is 6.58. The Balaban J connectivity index is 1.85. The normalized spacial score (nSPS) is 25.5. The molecule has 0 bridgehead atoms. The van der Waals surface area contributed by atoms with Crippen LogP contribution >= 0.6 is 11.6 Å². The number of piperazine rings is 1. The molecule has 0 N–H and O–H groups in total. The van der Waals surface area contributed by atoms with Crippen LogP contribution in [-0.4, -0.2) is 49.6 Å². The van der Waals surface area contributed by atoms with E-state index in [4.69, 9.17) is 16.3 Å². The SMILES string of the molecule is CN1CCN(C2CCCOc3cc(Cl)ccc32)CC1. The van der Waals surface area contributed by atoms with E-state index in [0.717, 1.165) is 50.0 Å². The third-order valence-corrected chi connectivity index (χ3v) is 4.43. The highest BCUT2D eigenvalue weighted by atomic mass is 35.5. The van der Waals surface area contributed by atoms with Crippen molar-refractivity contribution in [3.05, 3.63) is 28.8 Å². The van der Waals surface area contributed by atoms with Gasteiger partial charge in [0.15, 0.2) is 0 Å². The van der Waals surface area contributed by atoms with Crippen LogP contribution in [0, 0.1) is 0 Å². The van der Waals surface area contributed by atoms with Gasteiger partial charge in [0.2, 0.25) is 0 Å². The molecule has 2 heterocycles. The second-order valence-corrected chi connectivity index (χ2v) is 5.96. The van der Waals surface area contributed by atoms with Crippen molar-refractivity contribution in [2.75, 3.05) is 39.8 Å². The van der Waals surface area contributed by atoms with Crippen LogP contribution in [0.5, 0.6) is 5.75 Å². The summed E-state index contributed by atoms with van der Waals surface area (Å²) < 4.78 is 5.85. The Morgan fingerprint density at radius 2 is 2.00 bits per heavy atom.